The van der Waals surface area contributed by atoms with Crippen LogP contribution < -0.4 is 10.4 Å². The predicted octanol–water partition coefficient (Wildman–Crippen LogP) is 2.72. The summed E-state index contributed by atoms with van der Waals surface area (Å²) in [6.45, 7) is 5.11. The van der Waals surface area contributed by atoms with Crippen LogP contribution in [-0.4, -0.2) is 12.8 Å². The van der Waals surface area contributed by atoms with E-state index in [2.05, 4.69) is 0 Å². The van der Waals surface area contributed by atoms with Gasteiger partial charge in [0.05, 0.1) is 5.41 Å². The molecule has 0 radical (unpaired) electrons. The highest BCUT2D eigenvalue weighted by Crippen LogP contribution is 2.20. The molecule has 0 saturated carbocycles. The number of esters is 1. The molecular formula is C15H16O5. The molecule has 0 atom stereocenters. The molecule has 20 heavy (non-hydrogen) atoms. The van der Waals surface area contributed by atoms with Crippen LogP contribution >= 0.6 is 0 Å². The van der Waals surface area contributed by atoms with Gasteiger partial charge in [-0.15, -0.1) is 0 Å². The number of ether oxygens (including phenoxy) is 2. The summed E-state index contributed by atoms with van der Waals surface area (Å²) in [6.07, 6.45) is 0. The van der Waals surface area contributed by atoms with E-state index in [0.29, 0.717) is 11.3 Å². The highest BCUT2D eigenvalue weighted by atomic mass is 16.7. The lowest BCUT2D eigenvalue weighted by Crippen LogP contribution is -2.24. The SMILES string of the molecule is CC(C)(C)C(=O)OCOc1ccc2ccc(=O)oc2c1. The van der Waals surface area contributed by atoms with Crippen molar-refractivity contribution >= 4 is 16.9 Å². The largest absolute Gasteiger partial charge is 0.457 e. The second-order valence-electron chi connectivity index (χ2n) is 5.40. The Kier molecular flexibility index (Phi) is 3.79. The smallest absolute Gasteiger partial charge is 0.336 e. The molecule has 5 nitrogen and oxygen atoms in total. The van der Waals surface area contributed by atoms with Crippen LogP contribution in [-0.2, 0) is 9.53 Å². The summed E-state index contributed by atoms with van der Waals surface area (Å²) >= 11 is 0. The number of carbonyl (C=O) groups excluding carboxylic acids is 1. The zero-order valence-electron chi connectivity index (χ0n) is 11.6. The third kappa shape index (κ3) is 3.38. The van der Waals surface area contributed by atoms with E-state index in [1.807, 2.05) is 0 Å². The number of carbonyl (C=O) groups is 1. The summed E-state index contributed by atoms with van der Waals surface area (Å²) in [5.74, 6) is 0.124. The van der Waals surface area contributed by atoms with Gasteiger partial charge in [0.25, 0.3) is 0 Å². The van der Waals surface area contributed by atoms with Crippen molar-refractivity contribution in [3.8, 4) is 5.75 Å². The molecule has 0 fully saturated rings. The second-order valence-corrected chi connectivity index (χ2v) is 5.40. The van der Waals surface area contributed by atoms with Crippen molar-refractivity contribution in [3.63, 3.8) is 0 Å². The molecule has 0 saturated heterocycles. The Labute approximate surface area is 116 Å². The Hall–Kier alpha value is -2.30. The van der Waals surface area contributed by atoms with Crippen molar-refractivity contribution in [1.29, 1.82) is 0 Å². The van der Waals surface area contributed by atoms with Gasteiger partial charge < -0.3 is 13.9 Å². The molecule has 0 aliphatic carbocycles. The fourth-order valence-corrected chi connectivity index (χ4v) is 1.50. The van der Waals surface area contributed by atoms with E-state index in [4.69, 9.17) is 13.9 Å². The summed E-state index contributed by atoms with van der Waals surface area (Å²) in [5.41, 5.74) is -0.564. The first-order valence-corrected chi connectivity index (χ1v) is 6.20. The minimum atomic E-state index is -0.570. The van der Waals surface area contributed by atoms with E-state index < -0.39 is 11.0 Å². The van der Waals surface area contributed by atoms with E-state index in [0.717, 1.165) is 5.39 Å². The van der Waals surface area contributed by atoms with Gasteiger partial charge in [-0.3, -0.25) is 4.79 Å². The Morgan fingerprint density at radius 2 is 1.90 bits per heavy atom. The van der Waals surface area contributed by atoms with Gasteiger partial charge in [-0.25, -0.2) is 4.79 Å². The lowest BCUT2D eigenvalue weighted by molar-refractivity contribution is -0.159. The molecule has 0 aliphatic rings. The Morgan fingerprint density at radius 1 is 1.20 bits per heavy atom. The van der Waals surface area contributed by atoms with Gasteiger partial charge in [-0.2, -0.15) is 0 Å². The Morgan fingerprint density at radius 3 is 2.60 bits per heavy atom. The summed E-state index contributed by atoms with van der Waals surface area (Å²) in [6, 6.07) is 8.09. The number of benzene rings is 1. The maximum absolute atomic E-state index is 11.5. The Balaban J connectivity index is 2.04. The lowest BCUT2D eigenvalue weighted by Gasteiger charge is -2.16. The van der Waals surface area contributed by atoms with E-state index in [1.54, 1.807) is 45.0 Å². The van der Waals surface area contributed by atoms with Crippen molar-refractivity contribution in [2.45, 2.75) is 20.8 Å². The third-order valence-electron chi connectivity index (χ3n) is 2.62. The van der Waals surface area contributed by atoms with Crippen LogP contribution in [0, 0.1) is 5.41 Å². The molecule has 1 heterocycles. The minimum Gasteiger partial charge on any atom is -0.457 e. The molecule has 2 aromatic rings. The van der Waals surface area contributed by atoms with Gasteiger partial charge in [-0.1, -0.05) is 0 Å². The van der Waals surface area contributed by atoms with Crippen LogP contribution in [0.15, 0.2) is 39.5 Å². The van der Waals surface area contributed by atoms with Crippen molar-refractivity contribution < 1.29 is 18.7 Å². The van der Waals surface area contributed by atoms with Crippen LogP contribution in [0.25, 0.3) is 11.0 Å². The number of hydrogen-bond donors (Lipinski definition) is 0. The molecule has 0 amide bonds. The van der Waals surface area contributed by atoms with Crippen LogP contribution in [0.3, 0.4) is 0 Å². The van der Waals surface area contributed by atoms with Gasteiger partial charge in [0.2, 0.25) is 6.79 Å². The van der Waals surface area contributed by atoms with E-state index in [-0.39, 0.29) is 12.8 Å². The van der Waals surface area contributed by atoms with Gasteiger partial charge in [0.1, 0.15) is 11.3 Å². The first-order valence-electron chi connectivity index (χ1n) is 6.20. The average Bonchev–Trinajstić information content (AvgIpc) is 2.37. The van der Waals surface area contributed by atoms with Crippen LogP contribution in [0.4, 0.5) is 0 Å². The standard InChI is InChI=1S/C15H16O5/c1-15(2,3)14(17)19-9-18-11-6-4-10-5-7-13(16)20-12(10)8-11/h4-8H,9H2,1-3H3. The van der Waals surface area contributed by atoms with Crippen molar-refractivity contribution in [2.24, 2.45) is 5.41 Å². The molecule has 106 valence electrons. The molecule has 0 N–H and O–H groups in total. The molecule has 0 aliphatic heterocycles. The second kappa shape index (κ2) is 5.36. The van der Waals surface area contributed by atoms with E-state index in [9.17, 15) is 9.59 Å². The maximum Gasteiger partial charge on any atom is 0.336 e. The highest BCUT2D eigenvalue weighted by molar-refractivity contribution is 5.77. The molecule has 5 heteroatoms. The zero-order chi connectivity index (χ0) is 14.8. The van der Waals surface area contributed by atoms with Crippen LogP contribution in [0.1, 0.15) is 20.8 Å². The molecule has 0 spiro atoms. The monoisotopic (exact) mass is 276 g/mol. The molecule has 0 bridgehead atoms. The molecule has 2 rings (SSSR count). The maximum atomic E-state index is 11.5. The molecule has 1 aromatic carbocycles. The molecule has 1 aromatic heterocycles. The first-order chi connectivity index (χ1) is 9.36. The minimum absolute atomic E-state index is 0.182. The molecular weight excluding hydrogens is 260 g/mol. The fourth-order valence-electron chi connectivity index (χ4n) is 1.50. The summed E-state index contributed by atoms with van der Waals surface area (Å²) < 4.78 is 15.3. The number of rotatable bonds is 3. The van der Waals surface area contributed by atoms with Gasteiger partial charge in [0.15, 0.2) is 0 Å². The average molecular weight is 276 g/mol. The normalized spacial score (nSPS) is 11.3. The fraction of sp³-hybridized carbons (Fsp3) is 0.333. The summed E-state index contributed by atoms with van der Waals surface area (Å²) in [7, 11) is 0. The number of fused-ring (bicyclic) bond motifs is 1. The predicted molar refractivity (Wildman–Crippen MR) is 73.5 cm³/mol. The van der Waals surface area contributed by atoms with Crippen molar-refractivity contribution in [3.05, 3.63) is 40.8 Å². The van der Waals surface area contributed by atoms with E-state index in [1.165, 1.54) is 6.07 Å². The van der Waals surface area contributed by atoms with E-state index >= 15 is 0 Å². The topological polar surface area (TPSA) is 65.7 Å². The van der Waals surface area contributed by atoms with Gasteiger partial charge >= 0.3 is 11.6 Å². The van der Waals surface area contributed by atoms with Crippen molar-refractivity contribution in [2.75, 3.05) is 6.79 Å². The number of hydrogen-bond acceptors (Lipinski definition) is 5. The highest BCUT2D eigenvalue weighted by Gasteiger charge is 2.22. The van der Waals surface area contributed by atoms with Crippen LogP contribution in [0.2, 0.25) is 0 Å². The summed E-state index contributed by atoms with van der Waals surface area (Å²) in [5, 5.41) is 0.795. The van der Waals surface area contributed by atoms with Crippen molar-refractivity contribution in [1.82, 2.24) is 0 Å². The quantitative estimate of drug-likeness (QED) is 0.490. The third-order valence-corrected chi connectivity index (χ3v) is 2.62. The van der Waals surface area contributed by atoms with Gasteiger partial charge in [-0.05, 0) is 39.0 Å². The summed E-state index contributed by atoms with van der Waals surface area (Å²) in [4.78, 5) is 22.7. The first kappa shape index (κ1) is 14.1. The zero-order valence-corrected chi connectivity index (χ0v) is 11.6. The Bertz CT molecular complexity index is 678. The molecule has 0 unspecified atom stereocenters. The van der Waals surface area contributed by atoms with Crippen LogP contribution in [0.5, 0.6) is 5.75 Å². The van der Waals surface area contributed by atoms with Gasteiger partial charge in [0, 0.05) is 17.5 Å². The lowest BCUT2D eigenvalue weighted by atomic mass is 9.98.